The van der Waals surface area contributed by atoms with Crippen LogP contribution in [0.4, 0.5) is 17.6 Å². The summed E-state index contributed by atoms with van der Waals surface area (Å²) >= 11 is 0. The third-order valence-electron chi connectivity index (χ3n) is 2.50. The van der Waals surface area contributed by atoms with Crippen molar-refractivity contribution >= 4 is 5.97 Å². The number of carboxylic acids is 1. The van der Waals surface area contributed by atoms with Gasteiger partial charge in [0.2, 0.25) is 0 Å². The number of rotatable bonds is 5. The maximum Gasteiger partial charge on any atom is 0.341 e. The number of nitrogens with zero attached hydrogens (tertiary/aromatic N) is 3. The van der Waals surface area contributed by atoms with Gasteiger partial charge in [0.05, 0.1) is 18.2 Å². The molecule has 0 aliphatic carbocycles. The van der Waals surface area contributed by atoms with E-state index in [1.165, 1.54) is 0 Å². The first kappa shape index (κ1) is 16.7. The summed E-state index contributed by atoms with van der Waals surface area (Å²) in [4.78, 5) is 12.7. The van der Waals surface area contributed by atoms with Gasteiger partial charge < -0.3 is 15.3 Å². The first-order valence-electron chi connectivity index (χ1n) is 5.20. The second kappa shape index (κ2) is 6.39. The van der Waals surface area contributed by atoms with E-state index in [9.17, 15) is 32.6 Å². The SMILES string of the molecule is [N-]=[N+]=NCC(O)C(O)c1c(F)c(F)c(C(=O)O)c(F)c1F. The molecule has 0 amide bonds. The van der Waals surface area contributed by atoms with Crippen LogP contribution >= 0.6 is 0 Å². The van der Waals surface area contributed by atoms with Crippen LogP contribution < -0.4 is 0 Å². The van der Waals surface area contributed by atoms with Crippen molar-refractivity contribution in [2.75, 3.05) is 6.54 Å². The van der Waals surface area contributed by atoms with Gasteiger partial charge in [-0.05, 0) is 5.53 Å². The lowest BCUT2D eigenvalue weighted by Crippen LogP contribution is -2.25. The number of hydrogen-bond donors (Lipinski definition) is 3. The third-order valence-corrected chi connectivity index (χ3v) is 2.50. The van der Waals surface area contributed by atoms with Crippen LogP contribution in [0.15, 0.2) is 5.11 Å². The Morgan fingerprint density at radius 2 is 1.62 bits per heavy atom. The van der Waals surface area contributed by atoms with Crippen LogP contribution in [0.1, 0.15) is 22.0 Å². The molecule has 0 saturated heterocycles. The number of carbonyl (C=O) groups is 1. The highest BCUT2D eigenvalue weighted by Crippen LogP contribution is 2.30. The van der Waals surface area contributed by atoms with Crippen molar-refractivity contribution in [1.82, 2.24) is 0 Å². The second-order valence-electron chi connectivity index (χ2n) is 3.78. The summed E-state index contributed by atoms with van der Waals surface area (Å²) in [5, 5.41) is 30.0. The number of azide groups is 1. The fourth-order valence-electron chi connectivity index (χ4n) is 1.51. The van der Waals surface area contributed by atoms with E-state index < -0.39 is 59.1 Å². The number of aliphatic hydroxyl groups is 2. The molecule has 1 aromatic rings. The lowest BCUT2D eigenvalue weighted by atomic mass is 10.00. The van der Waals surface area contributed by atoms with Gasteiger partial charge in [0.15, 0.2) is 23.3 Å². The smallest absolute Gasteiger partial charge is 0.341 e. The number of hydrogen-bond acceptors (Lipinski definition) is 4. The molecule has 1 aromatic carbocycles. The van der Waals surface area contributed by atoms with Crippen molar-refractivity contribution in [3.05, 3.63) is 44.8 Å². The Hall–Kier alpha value is -2.36. The molecule has 7 nitrogen and oxygen atoms in total. The fourth-order valence-corrected chi connectivity index (χ4v) is 1.51. The number of carboxylic acid groups (broad SMARTS) is 1. The van der Waals surface area contributed by atoms with Gasteiger partial charge in [0, 0.05) is 4.91 Å². The lowest BCUT2D eigenvalue weighted by Gasteiger charge is -2.18. The zero-order valence-corrected chi connectivity index (χ0v) is 9.97. The van der Waals surface area contributed by atoms with Crippen LogP contribution in [-0.4, -0.2) is 33.9 Å². The molecule has 3 N–H and O–H groups in total. The topological polar surface area (TPSA) is 127 Å². The summed E-state index contributed by atoms with van der Waals surface area (Å²) in [6, 6.07) is 0. The Morgan fingerprint density at radius 3 is 2.00 bits per heavy atom. The van der Waals surface area contributed by atoms with Crippen molar-refractivity contribution in [2.45, 2.75) is 12.2 Å². The number of halogens is 4. The zero-order valence-electron chi connectivity index (χ0n) is 9.97. The minimum atomic E-state index is -2.47. The van der Waals surface area contributed by atoms with Crippen LogP contribution in [0, 0.1) is 23.3 Å². The minimum Gasteiger partial charge on any atom is -0.477 e. The summed E-state index contributed by atoms with van der Waals surface area (Å²) in [5.41, 5.74) is 4.52. The van der Waals surface area contributed by atoms with Gasteiger partial charge >= 0.3 is 5.97 Å². The molecule has 0 spiro atoms. The fraction of sp³-hybridized carbons (Fsp3) is 0.300. The first-order valence-corrected chi connectivity index (χ1v) is 5.20. The minimum absolute atomic E-state index is 0.833. The Balaban J connectivity index is 3.45. The van der Waals surface area contributed by atoms with Crippen LogP contribution in [0.5, 0.6) is 0 Å². The number of aliphatic hydroxyl groups excluding tert-OH is 2. The van der Waals surface area contributed by atoms with Gasteiger partial charge in [-0.15, -0.1) is 0 Å². The highest BCUT2D eigenvalue weighted by atomic mass is 19.2. The molecule has 0 fully saturated rings. The number of benzene rings is 1. The molecule has 2 atom stereocenters. The van der Waals surface area contributed by atoms with Gasteiger partial charge in [-0.2, -0.15) is 0 Å². The molecule has 0 aliphatic rings. The molecular weight excluding hydrogens is 302 g/mol. The molecule has 11 heteroatoms. The van der Waals surface area contributed by atoms with E-state index >= 15 is 0 Å². The standard InChI is InChI=1S/C10H7F4N3O4/c11-5-3(9(19)2(18)1-16-17-15)6(12)8(14)4(7(5)13)10(20)21/h2,9,18-19H,1H2,(H,20,21). The summed E-state index contributed by atoms with van der Waals surface area (Å²) < 4.78 is 53.9. The van der Waals surface area contributed by atoms with E-state index in [0.717, 1.165) is 0 Å². The van der Waals surface area contributed by atoms with Crippen LogP contribution in [-0.2, 0) is 0 Å². The van der Waals surface area contributed by atoms with Gasteiger partial charge in [-0.25, -0.2) is 22.4 Å². The molecular formula is C10H7F4N3O4. The van der Waals surface area contributed by atoms with Crippen molar-refractivity contribution in [2.24, 2.45) is 5.11 Å². The van der Waals surface area contributed by atoms with Crippen molar-refractivity contribution in [1.29, 1.82) is 0 Å². The second-order valence-corrected chi connectivity index (χ2v) is 3.78. The zero-order chi connectivity index (χ0) is 16.3. The summed E-state index contributed by atoms with van der Waals surface area (Å²) in [6.45, 7) is -0.833. The summed E-state index contributed by atoms with van der Waals surface area (Å²) in [6.07, 6.45) is -4.53. The molecule has 0 radical (unpaired) electrons. The van der Waals surface area contributed by atoms with Gasteiger partial charge in [0.1, 0.15) is 11.7 Å². The van der Waals surface area contributed by atoms with Crippen molar-refractivity contribution in [3.8, 4) is 0 Å². The average molecular weight is 309 g/mol. The molecule has 0 aliphatic heterocycles. The average Bonchev–Trinajstić information content (AvgIpc) is 2.42. The predicted molar refractivity (Wildman–Crippen MR) is 58.2 cm³/mol. The lowest BCUT2D eigenvalue weighted by molar-refractivity contribution is 0.0189. The molecule has 21 heavy (non-hydrogen) atoms. The van der Waals surface area contributed by atoms with Crippen LogP contribution in [0.3, 0.4) is 0 Å². The maximum absolute atomic E-state index is 13.6. The first-order chi connectivity index (χ1) is 9.73. The number of aromatic carboxylic acids is 1. The van der Waals surface area contributed by atoms with Crippen molar-refractivity contribution < 1.29 is 37.7 Å². The highest BCUT2D eigenvalue weighted by Gasteiger charge is 2.34. The normalized spacial score (nSPS) is 13.4. The van der Waals surface area contributed by atoms with E-state index in [-0.39, 0.29) is 0 Å². The summed E-state index contributed by atoms with van der Waals surface area (Å²) in [7, 11) is 0. The largest absolute Gasteiger partial charge is 0.477 e. The third kappa shape index (κ3) is 3.05. The van der Waals surface area contributed by atoms with Gasteiger partial charge in [-0.3, -0.25) is 0 Å². The monoisotopic (exact) mass is 309 g/mol. The molecule has 0 saturated carbocycles. The Kier molecular flexibility index (Phi) is 5.08. The quantitative estimate of drug-likeness (QED) is 0.251. The molecule has 1 rings (SSSR count). The molecule has 114 valence electrons. The van der Waals surface area contributed by atoms with E-state index in [1.54, 1.807) is 0 Å². The summed E-state index contributed by atoms with van der Waals surface area (Å²) in [5.74, 6) is -11.0. The van der Waals surface area contributed by atoms with Crippen LogP contribution in [0.25, 0.3) is 10.4 Å². The van der Waals surface area contributed by atoms with E-state index in [0.29, 0.717) is 0 Å². The Labute approximate surface area is 113 Å². The highest BCUT2D eigenvalue weighted by molar-refractivity contribution is 5.88. The van der Waals surface area contributed by atoms with Gasteiger partial charge in [-0.1, -0.05) is 5.11 Å². The van der Waals surface area contributed by atoms with E-state index in [1.807, 2.05) is 0 Å². The molecule has 0 bridgehead atoms. The predicted octanol–water partition coefficient (Wildman–Crippen LogP) is 1.65. The maximum atomic E-state index is 13.6. The Bertz CT molecular complexity index is 604. The van der Waals surface area contributed by atoms with E-state index in [4.69, 9.17) is 10.6 Å². The van der Waals surface area contributed by atoms with Crippen molar-refractivity contribution in [3.63, 3.8) is 0 Å². The Morgan fingerprint density at radius 1 is 1.14 bits per heavy atom. The van der Waals surface area contributed by atoms with E-state index in [2.05, 4.69) is 10.0 Å². The molecule has 0 aromatic heterocycles. The molecule has 2 unspecified atom stereocenters. The molecule has 0 heterocycles. The van der Waals surface area contributed by atoms with Gasteiger partial charge in [0.25, 0.3) is 0 Å². The van der Waals surface area contributed by atoms with Crippen LogP contribution in [0.2, 0.25) is 0 Å².